The van der Waals surface area contributed by atoms with E-state index in [1.54, 1.807) is 0 Å². The van der Waals surface area contributed by atoms with Crippen molar-refractivity contribution >= 4 is 16.7 Å². The van der Waals surface area contributed by atoms with Gasteiger partial charge in [0.05, 0.1) is 5.54 Å². The van der Waals surface area contributed by atoms with Gasteiger partial charge in [-0.3, -0.25) is 0 Å². The molecule has 4 rings (SSSR count). The summed E-state index contributed by atoms with van der Waals surface area (Å²) in [7, 11) is 0. The van der Waals surface area contributed by atoms with Crippen LogP contribution in [0.5, 0.6) is 0 Å². The first-order valence-electron chi connectivity index (χ1n) is 8.46. The summed E-state index contributed by atoms with van der Waals surface area (Å²) in [6.45, 7) is 6.77. The lowest BCUT2D eigenvalue weighted by Crippen LogP contribution is -2.17. The van der Waals surface area contributed by atoms with Crippen molar-refractivity contribution in [1.82, 2.24) is 0 Å². The monoisotopic (exact) mass is 333 g/mol. The van der Waals surface area contributed by atoms with E-state index in [-0.39, 0.29) is 11.4 Å². The summed E-state index contributed by atoms with van der Waals surface area (Å²) in [6, 6.07) is 17.0. The number of aliphatic imine (C=N–C) groups is 1. The predicted octanol–water partition coefficient (Wildman–Crippen LogP) is 5.51. The number of fused-ring (bicyclic) bond motifs is 1. The maximum absolute atomic E-state index is 13.5. The third-order valence-corrected chi connectivity index (χ3v) is 4.56. The molecule has 0 aliphatic carbocycles. The van der Waals surface area contributed by atoms with Crippen LogP contribution in [-0.4, -0.2) is 18.0 Å². The van der Waals surface area contributed by atoms with Gasteiger partial charge in [0.25, 0.3) is 0 Å². The van der Waals surface area contributed by atoms with Crippen LogP contribution in [0.4, 0.5) is 4.39 Å². The quantitative estimate of drug-likeness (QED) is 0.606. The standard InChI is InChI=1S/C22H20FNO/c1-14-12-16-6-4-5-7-18(16)20(15-8-10-17(23)11-9-15)19(14)21-24-22(2,3)13-25-21/h4-12H,13H2,1-3H3. The third kappa shape index (κ3) is 2.80. The summed E-state index contributed by atoms with van der Waals surface area (Å²) in [5.41, 5.74) is 3.89. The van der Waals surface area contributed by atoms with Crippen molar-refractivity contribution in [1.29, 1.82) is 0 Å². The lowest BCUT2D eigenvalue weighted by molar-refractivity contribution is 0.279. The first kappa shape index (κ1) is 15.8. The highest BCUT2D eigenvalue weighted by Gasteiger charge is 2.30. The van der Waals surface area contributed by atoms with Crippen LogP contribution in [0.2, 0.25) is 0 Å². The van der Waals surface area contributed by atoms with E-state index in [1.807, 2.05) is 24.3 Å². The van der Waals surface area contributed by atoms with Crippen LogP contribution in [0.1, 0.15) is 25.0 Å². The zero-order chi connectivity index (χ0) is 17.6. The van der Waals surface area contributed by atoms with Crippen molar-refractivity contribution in [2.75, 3.05) is 6.61 Å². The fourth-order valence-corrected chi connectivity index (χ4v) is 3.39. The number of rotatable bonds is 2. The largest absolute Gasteiger partial charge is 0.475 e. The molecule has 3 heteroatoms. The summed E-state index contributed by atoms with van der Waals surface area (Å²) in [6.07, 6.45) is 0. The molecule has 126 valence electrons. The minimum absolute atomic E-state index is 0.229. The zero-order valence-corrected chi connectivity index (χ0v) is 14.6. The Morgan fingerprint density at radius 3 is 2.40 bits per heavy atom. The van der Waals surface area contributed by atoms with Crippen LogP contribution in [0.3, 0.4) is 0 Å². The minimum Gasteiger partial charge on any atom is -0.475 e. The molecule has 0 radical (unpaired) electrons. The number of benzene rings is 3. The molecular formula is C22H20FNO. The SMILES string of the molecule is Cc1cc2ccccc2c(-c2ccc(F)cc2)c1C1=NC(C)(C)CO1. The number of hydrogen-bond acceptors (Lipinski definition) is 2. The van der Waals surface area contributed by atoms with Crippen molar-refractivity contribution < 1.29 is 9.13 Å². The second-order valence-corrected chi connectivity index (χ2v) is 7.19. The van der Waals surface area contributed by atoms with Gasteiger partial charge in [-0.15, -0.1) is 0 Å². The summed E-state index contributed by atoms with van der Waals surface area (Å²) >= 11 is 0. The molecule has 25 heavy (non-hydrogen) atoms. The molecule has 0 amide bonds. The maximum atomic E-state index is 13.5. The second-order valence-electron chi connectivity index (χ2n) is 7.19. The van der Waals surface area contributed by atoms with Gasteiger partial charge < -0.3 is 4.74 Å². The van der Waals surface area contributed by atoms with Gasteiger partial charge in [-0.25, -0.2) is 9.38 Å². The van der Waals surface area contributed by atoms with Gasteiger partial charge in [0.2, 0.25) is 5.90 Å². The van der Waals surface area contributed by atoms with E-state index in [1.165, 1.54) is 12.1 Å². The lowest BCUT2D eigenvalue weighted by Gasteiger charge is -2.16. The van der Waals surface area contributed by atoms with Gasteiger partial charge >= 0.3 is 0 Å². The molecule has 0 aromatic heterocycles. The molecule has 0 saturated carbocycles. The molecule has 1 aliphatic heterocycles. The Labute approximate surface area is 147 Å². The van der Waals surface area contributed by atoms with Crippen LogP contribution in [-0.2, 0) is 4.74 Å². The van der Waals surface area contributed by atoms with Gasteiger partial charge in [0, 0.05) is 11.1 Å². The maximum Gasteiger partial charge on any atom is 0.217 e. The van der Waals surface area contributed by atoms with E-state index < -0.39 is 0 Å². The molecule has 2 nitrogen and oxygen atoms in total. The molecule has 0 unspecified atom stereocenters. The Hall–Kier alpha value is -2.68. The molecule has 0 spiro atoms. The van der Waals surface area contributed by atoms with Crippen molar-refractivity contribution in [3.63, 3.8) is 0 Å². The smallest absolute Gasteiger partial charge is 0.217 e. The van der Waals surface area contributed by atoms with Gasteiger partial charge in [-0.1, -0.05) is 42.5 Å². The zero-order valence-electron chi connectivity index (χ0n) is 14.6. The Balaban J connectivity index is 2.06. The van der Waals surface area contributed by atoms with Gasteiger partial charge in [0.1, 0.15) is 12.4 Å². The Morgan fingerprint density at radius 1 is 1.00 bits per heavy atom. The minimum atomic E-state index is -0.238. The summed E-state index contributed by atoms with van der Waals surface area (Å²) in [5, 5.41) is 2.27. The predicted molar refractivity (Wildman–Crippen MR) is 101 cm³/mol. The van der Waals surface area contributed by atoms with E-state index in [0.29, 0.717) is 12.5 Å². The highest BCUT2D eigenvalue weighted by molar-refractivity contribution is 6.11. The van der Waals surface area contributed by atoms with Crippen molar-refractivity contribution in [2.45, 2.75) is 26.3 Å². The fourth-order valence-electron chi connectivity index (χ4n) is 3.39. The van der Waals surface area contributed by atoms with Gasteiger partial charge in [0.15, 0.2) is 0 Å². The fraction of sp³-hybridized carbons (Fsp3) is 0.227. The number of ether oxygens (including phenoxy) is 1. The summed E-state index contributed by atoms with van der Waals surface area (Å²) in [4.78, 5) is 4.78. The van der Waals surface area contributed by atoms with Crippen LogP contribution < -0.4 is 0 Å². The molecule has 1 aliphatic rings. The average molecular weight is 333 g/mol. The Bertz CT molecular complexity index is 987. The van der Waals surface area contributed by atoms with Crippen LogP contribution >= 0.6 is 0 Å². The summed E-state index contributed by atoms with van der Waals surface area (Å²) in [5.74, 6) is 0.436. The molecule has 0 saturated heterocycles. The first-order chi connectivity index (χ1) is 11.9. The van der Waals surface area contributed by atoms with Crippen molar-refractivity contribution in [2.24, 2.45) is 4.99 Å². The highest BCUT2D eigenvalue weighted by atomic mass is 19.1. The van der Waals surface area contributed by atoms with E-state index in [4.69, 9.17) is 9.73 Å². The average Bonchev–Trinajstić information content (AvgIpc) is 2.94. The third-order valence-electron chi connectivity index (χ3n) is 4.56. The normalized spacial score (nSPS) is 15.9. The Kier molecular flexibility index (Phi) is 3.60. The number of aryl methyl sites for hydroxylation is 1. The Morgan fingerprint density at radius 2 is 1.72 bits per heavy atom. The molecule has 0 bridgehead atoms. The lowest BCUT2D eigenvalue weighted by atomic mass is 9.90. The topological polar surface area (TPSA) is 21.6 Å². The molecule has 1 heterocycles. The molecular weight excluding hydrogens is 313 g/mol. The molecule has 0 fully saturated rings. The van der Waals surface area contributed by atoms with Gasteiger partial charge in [-0.2, -0.15) is 0 Å². The highest BCUT2D eigenvalue weighted by Crippen LogP contribution is 2.37. The van der Waals surface area contributed by atoms with Crippen LogP contribution in [0.15, 0.2) is 59.6 Å². The first-order valence-corrected chi connectivity index (χ1v) is 8.46. The van der Waals surface area contributed by atoms with E-state index in [2.05, 4.69) is 39.0 Å². The van der Waals surface area contributed by atoms with Crippen LogP contribution in [0.25, 0.3) is 21.9 Å². The number of halogens is 1. The van der Waals surface area contributed by atoms with E-state index in [9.17, 15) is 4.39 Å². The van der Waals surface area contributed by atoms with Crippen molar-refractivity contribution in [3.05, 3.63) is 71.5 Å². The molecule has 3 aromatic carbocycles. The summed E-state index contributed by atoms with van der Waals surface area (Å²) < 4.78 is 19.4. The molecule has 3 aromatic rings. The van der Waals surface area contributed by atoms with E-state index >= 15 is 0 Å². The molecule has 0 atom stereocenters. The second kappa shape index (κ2) is 5.69. The number of nitrogens with zero attached hydrogens (tertiary/aromatic N) is 1. The molecule has 0 N–H and O–H groups in total. The van der Waals surface area contributed by atoms with E-state index in [0.717, 1.165) is 33.0 Å². The van der Waals surface area contributed by atoms with Gasteiger partial charge in [-0.05, 0) is 54.8 Å². The van der Waals surface area contributed by atoms with Crippen molar-refractivity contribution in [3.8, 4) is 11.1 Å². The van der Waals surface area contributed by atoms with Crippen LogP contribution in [0, 0.1) is 12.7 Å². The number of hydrogen-bond donors (Lipinski definition) is 0.